The second kappa shape index (κ2) is 8.05. The highest BCUT2D eigenvalue weighted by molar-refractivity contribution is 7.80. The summed E-state index contributed by atoms with van der Waals surface area (Å²) in [7, 11) is 0. The van der Waals surface area contributed by atoms with Gasteiger partial charge in [-0.3, -0.25) is 4.79 Å². The maximum absolute atomic E-state index is 15.3. The van der Waals surface area contributed by atoms with E-state index in [1.807, 2.05) is 6.07 Å². The molecule has 3 atom stereocenters. The van der Waals surface area contributed by atoms with Gasteiger partial charge in [-0.1, -0.05) is 59.7 Å². The first-order valence-electron chi connectivity index (χ1n) is 10.3. The Hall–Kier alpha value is -2.54. The van der Waals surface area contributed by atoms with Gasteiger partial charge in [-0.2, -0.15) is 0 Å². The maximum atomic E-state index is 15.3. The van der Waals surface area contributed by atoms with Crippen molar-refractivity contribution >= 4 is 52.0 Å². The SMILES string of the molecule is Cc1ccc(F)c(F)c1[C@H]1NC(=S)C[C@@H](c2cccc(Cl)c2)[C@]12C(=O)Nc1cc(Cl)ccc12. The quantitative estimate of drug-likeness (QED) is 0.387. The molecule has 0 unspecified atom stereocenters. The Morgan fingerprint density at radius 3 is 2.58 bits per heavy atom. The van der Waals surface area contributed by atoms with Gasteiger partial charge >= 0.3 is 0 Å². The van der Waals surface area contributed by atoms with Crippen LogP contribution in [0.1, 0.15) is 40.6 Å². The largest absolute Gasteiger partial charge is 0.371 e. The van der Waals surface area contributed by atoms with Crippen molar-refractivity contribution in [3.63, 3.8) is 0 Å². The summed E-state index contributed by atoms with van der Waals surface area (Å²) in [4.78, 5) is 14.4. The minimum atomic E-state index is -1.33. The topological polar surface area (TPSA) is 41.1 Å². The fourth-order valence-corrected chi connectivity index (χ4v) is 5.92. The van der Waals surface area contributed by atoms with Crippen LogP contribution in [-0.2, 0) is 10.2 Å². The summed E-state index contributed by atoms with van der Waals surface area (Å²) in [6, 6.07) is 14.0. The summed E-state index contributed by atoms with van der Waals surface area (Å²) in [6.45, 7) is 1.69. The van der Waals surface area contributed by atoms with Crippen molar-refractivity contribution in [1.29, 1.82) is 0 Å². The van der Waals surface area contributed by atoms with Gasteiger partial charge in [0.1, 0.15) is 5.41 Å². The molecule has 3 nitrogen and oxygen atoms in total. The minimum absolute atomic E-state index is 0.0713. The molecule has 1 amide bonds. The molecule has 0 radical (unpaired) electrons. The van der Waals surface area contributed by atoms with Crippen LogP contribution in [0.3, 0.4) is 0 Å². The lowest BCUT2D eigenvalue weighted by Gasteiger charge is -2.47. The molecule has 168 valence electrons. The summed E-state index contributed by atoms with van der Waals surface area (Å²) >= 11 is 18.1. The summed E-state index contributed by atoms with van der Waals surface area (Å²) < 4.78 is 29.8. The number of thiocarbonyl (C=S) groups is 1. The monoisotopic (exact) mass is 502 g/mol. The van der Waals surface area contributed by atoms with Gasteiger partial charge < -0.3 is 10.6 Å². The molecule has 5 rings (SSSR count). The number of amides is 1. The van der Waals surface area contributed by atoms with Gasteiger partial charge in [0.05, 0.1) is 11.0 Å². The van der Waals surface area contributed by atoms with E-state index in [1.54, 1.807) is 43.3 Å². The molecule has 0 bridgehead atoms. The van der Waals surface area contributed by atoms with Gasteiger partial charge in [0.15, 0.2) is 11.6 Å². The van der Waals surface area contributed by atoms with Gasteiger partial charge in [0.2, 0.25) is 5.91 Å². The minimum Gasteiger partial charge on any atom is -0.371 e. The number of fused-ring (bicyclic) bond motifs is 2. The number of piperidine rings is 1. The van der Waals surface area contributed by atoms with Gasteiger partial charge in [-0.25, -0.2) is 8.78 Å². The van der Waals surface area contributed by atoms with Crippen LogP contribution in [0.4, 0.5) is 14.5 Å². The standard InChI is InChI=1S/C25H18Cl2F2N2OS/c1-12-5-8-18(28)22(29)21(12)23-25(16-7-6-15(27)10-19(16)30-24(25)32)17(11-20(33)31-23)13-3-2-4-14(26)9-13/h2-10,17,23H,11H2,1H3,(H,30,32)(H,31,33)/t17-,23+,25-/m0/s1. The first-order valence-corrected chi connectivity index (χ1v) is 11.5. The number of hydrogen-bond donors (Lipinski definition) is 2. The number of carbonyl (C=O) groups excluding carboxylic acids is 1. The van der Waals surface area contributed by atoms with Crippen LogP contribution in [0.25, 0.3) is 0 Å². The Morgan fingerprint density at radius 2 is 1.82 bits per heavy atom. The Bertz CT molecular complexity index is 1330. The zero-order chi connectivity index (χ0) is 23.5. The lowest BCUT2D eigenvalue weighted by atomic mass is 9.59. The van der Waals surface area contributed by atoms with Gasteiger partial charge in [-0.05, 0) is 53.9 Å². The maximum Gasteiger partial charge on any atom is 0.238 e. The fourth-order valence-electron chi connectivity index (χ4n) is 5.26. The molecule has 3 aromatic carbocycles. The predicted molar refractivity (Wildman–Crippen MR) is 130 cm³/mol. The molecule has 1 fully saturated rings. The van der Waals surface area contributed by atoms with Crippen LogP contribution in [0.5, 0.6) is 0 Å². The van der Waals surface area contributed by atoms with E-state index in [4.69, 9.17) is 35.4 Å². The van der Waals surface area contributed by atoms with Crippen molar-refractivity contribution in [2.24, 2.45) is 0 Å². The molecule has 3 aromatic rings. The molecule has 1 spiro atoms. The van der Waals surface area contributed by atoms with E-state index in [-0.39, 0.29) is 11.5 Å². The Labute approximate surface area is 205 Å². The zero-order valence-electron chi connectivity index (χ0n) is 17.4. The second-order valence-corrected chi connectivity index (χ2v) is 9.78. The molecule has 2 aliphatic heterocycles. The fraction of sp³-hybridized carbons (Fsp3) is 0.200. The number of anilines is 1. The van der Waals surface area contributed by atoms with Crippen molar-refractivity contribution in [3.05, 3.63) is 98.5 Å². The number of aryl methyl sites for hydroxylation is 1. The highest BCUT2D eigenvalue weighted by atomic mass is 35.5. The molecule has 2 aliphatic rings. The van der Waals surface area contributed by atoms with Crippen LogP contribution < -0.4 is 10.6 Å². The highest BCUT2D eigenvalue weighted by Gasteiger charge is 2.61. The molecule has 0 saturated carbocycles. The van der Waals surface area contributed by atoms with Crippen molar-refractivity contribution in [2.45, 2.75) is 30.7 Å². The van der Waals surface area contributed by atoms with E-state index in [0.29, 0.717) is 38.3 Å². The molecular formula is C25H18Cl2F2N2OS. The summed E-state index contributed by atoms with van der Waals surface area (Å²) in [5, 5.41) is 7.06. The highest BCUT2D eigenvalue weighted by Crippen LogP contribution is 2.58. The van der Waals surface area contributed by atoms with E-state index >= 15 is 4.39 Å². The van der Waals surface area contributed by atoms with E-state index in [1.165, 1.54) is 6.07 Å². The molecule has 0 aliphatic carbocycles. The predicted octanol–water partition coefficient (Wildman–Crippen LogP) is 6.62. The van der Waals surface area contributed by atoms with Crippen molar-refractivity contribution in [3.8, 4) is 0 Å². The molecule has 8 heteroatoms. The van der Waals surface area contributed by atoms with Crippen LogP contribution >= 0.6 is 35.4 Å². The third-order valence-corrected chi connectivity index (χ3v) is 7.40. The Balaban J connectivity index is 1.86. The Kier molecular flexibility index (Phi) is 5.43. The third-order valence-electron chi connectivity index (χ3n) is 6.64. The molecule has 2 heterocycles. The summed E-state index contributed by atoms with van der Waals surface area (Å²) in [6.07, 6.45) is 0.331. The van der Waals surface area contributed by atoms with Crippen LogP contribution in [-0.4, -0.2) is 10.9 Å². The first kappa shape index (κ1) is 22.3. The number of halogens is 4. The van der Waals surface area contributed by atoms with Crippen molar-refractivity contribution < 1.29 is 13.6 Å². The zero-order valence-corrected chi connectivity index (χ0v) is 19.7. The smallest absolute Gasteiger partial charge is 0.238 e. The molecule has 2 N–H and O–H groups in total. The first-order chi connectivity index (χ1) is 15.7. The number of rotatable bonds is 2. The molecular weight excluding hydrogens is 485 g/mol. The third kappa shape index (κ3) is 3.35. The average molecular weight is 503 g/mol. The number of benzene rings is 3. The van der Waals surface area contributed by atoms with Crippen LogP contribution in [0, 0.1) is 18.6 Å². The van der Waals surface area contributed by atoms with Crippen molar-refractivity contribution in [1.82, 2.24) is 5.32 Å². The number of hydrogen-bond acceptors (Lipinski definition) is 2. The lowest BCUT2D eigenvalue weighted by molar-refractivity contribution is -0.123. The lowest BCUT2D eigenvalue weighted by Crippen LogP contribution is -2.56. The Morgan fingerprint density at radius 1 is 1.06 bits per heavy atom. The van der Waals surface area contributed by atoms with Gasteiger partial charge in [0.25, 0.3) is 0 Å². The average Bonchev–Trinajstić information content (AvgIpc) is 3.04. The number of carbonyl (C=O) groups is 1. The van der Waals surface area contributed by atoms with E-state index in [0.717, 1.165) is 11.6 Å². The van der Waals surface area contributed by atoms with E-state index in [2.05, 4.69) is 10.6 Å². The molecule has 0 aromatic heterocycles. The molecule has 1 saturated heterocycles. The number of nitrogens with one attached hydrogen (secondary N) is 2. The van der Waals surface area contributed by atoms with Gasteiger partial charge in [-0.15, -0.1) is 0 Å². The summed E-state index contributed by atoms with van der Waals surface area (Å²) in [5.74, 6) is -2.82. The molecule has 33 heavy (non-hydrogen) atoms. The van der Waals surface area contributed by atoms with Gasteiger partial charge in [0, 0.05) is 33.6 Å². The van der Waals surface area contributed by atoms with E-state index in [9.17, 15) is 9.18 Å². The normalized spacial score (nSPS) is 23.9. The van der Waals surface area contributed by atoms with Crippen LogP contribution in [0.15, 0.2) is 54.6 Å². The van der Waals surface area contributed by atoms with Crippen LogP contribution in [0.2, 0.25) is 10.0 Å². The van der Waals surface area contributed by atoms with E-state index < -0.39 is 29.0 Å². The summed E-state index contributed by atoms with van der Waals surface area (Å²) in [5.41, 5.74) is 1.21. The second-order valence-electron chi connectivity index (χ2n) is 8.42. The van der Waals surface area contributed by atoms with Crippen molar-refractivity contribution in [2.75, 3.05) is 5.32 Å².